The molecule has 0 unspecified atom stereocenters. The summed E-state index contributed by atoms with van der Waals surface area (Å²) in [6.07, 6.45) is -0.930. The molecular formula is C9H8F2N2. The fourth-order valence-corrected chi connectivity index (χ4v) is 1.37. The molecule has 2 nitrogen and oxygen atoms in total. The Morgan fingerprint density at radius 1 is 1.38 bits per heavy atom. The Morgan fingerprint density at radius 2 is 2.15 bits per heavy atom. The molecule has 0 amide bonds. The van der Waals surface area contributed by atoms with Gasteiger partial charge in [0.15, 0.2) is 5.82 Å². The molecule has 0 aliphatic rings. The van der Waals surface area contributed by atoms with Gasteiger partial charge in [0, 0.05) is 6.20 Å². The molecule has 0 atom stereocenters. The number of halogens is 2. The van der Waals surface area contributed by atoms with Crippen LogP contribution in [0.3, 0.4) is 0 Å². The summed E-state index contributed by atoms with van der Waals surface area (Å²) in [4.78, 5) is 3.80. The van der Waals surface area contributed by atoms with Gasteiger partial charge in [-0.15, -0.1) is 0 Å². The van der Waals surface area contributed by atoms with Crippen molar-refractivity contribution in [3.8, 4) is 0 Å². The Bertz CT molecular complexity index is 434. The van der Waals surface area contributed by atoms with Crippen molar-refractivity contribution in [2.45, 2.75) is 13.3 Å². The standard InChI is InChI=1S/C9H8F2N2/c1-6-7-4-2-3-5-13(7)9(12-6)8(10)11/h2-5,8H,1H3. The van der Waals surface area contributed by atoms with Gasteiger partial charge < -0.3 is 0 Å². The maximum absolute atomic E-state index is 12.4. The fourth-order valence-electron chi connectivity index (χ4n) is 1.37. The zero-order valence-electron chi connectivity index (χ0n) is 7.04. The average Bonchev–Trinajstić information content (AvgIpc) is 2.45. The molecule has 2 rings (SSSR count). The molecule has 0 radical (unpaired) electrons. The zero-order chi connectivity index (χ0) is 9.42. The Balaban J connectivity index is 2.78. The highest BCUT2D eigenvalue weighted by Crippen LogP contribution is 2.20. The first-order valence-electron chi connectivity index (χ1n) is 3.92. The lowest BCUT2D eigenvalue weighted by Crippen LogP contribution is -1.93. The van der Waals surface area contributed by atoms with E-state index in [1.165, 1.54) is 4.40 Å². The lowest BCUT2D eigenvalue weighted by Gasteiger charge is -1.97. The largest absolute Gasteiger partial charge is 0.299 e. The van der Waals surface area contributed by atoms with Crippen molar-refractivity contribution >= 4 is 5.52 Å². The Morgan fingerprint density at radius 3 is 2.85 bits per heavy atom. The third-order valence-electron chi connectivity index (χ3n) is 1.95. The van der Waals surface area contributed by atoms with E-state index < -0.39 is 6.43 Å². The van der Waals surface area contributed by atoms with Crippen LogP contribution in [0.15, 0.2) is 24.4 Å². The van der Waals surface area contributed by atoms with E-state index >= 15 is 0 Å². The average molecular weight is 182 g/mol. The Kier molecular flexibility index (Phi) is 1.76. The molecule has 2 heterocycles. The van der Waals surface area contributed by atoms with Crippen LogP contribution in [-0.2, 0) is 0 Å². The second-order valence-corrected chi connectivity index (χ2v) is 2.81. The molecule has 0 fully saturated rings. The minimum atomic E-state index is -2.52. The fraction of sp³-hybridized carbons (Fsp3) is 0.222. The van der Waals surface area contributed by atoms with E-state index in [4.69, 9.17) is 0 Å². The van der Waals surface area contributed by atoms with Crippen molar-refractivity contribution in [2.75, 3.05) is 0 Å². The Hall–Kier alpha value is -1.45. The lowest BCUT2D eigenvalue weighted by molar-refractivity contribution is 0.139. The number of pyridine rings is 1. The first-order chi connectivity index (χ1) is 6.20. The summed E-state index contributed by atoms with van der Waals surface area (Å²) < 4.78 is 26.3. The zero-order valence-corrected chi connectivity index (χ0v) is 7.04. The summed E-state index contributed by atoms with van der Waals surface area (Å²) in [6, 6.07) is 5.29. The van der Waals surface area contributed by atoms with Crippen LogP contribution in [0.1, 0.15) is 17.9 Å². The minimum absolute atomic E-state index is 0.187. The van der Waals surface area contributed by atoms with Gasteiger partial charge in [0.1, 0.15) is 0 Å². The van der Waals surface area contributed by atoms with Crippen LogP contribution >= 0.6 is 0 Å². The van der Waals surface area contributed by atoms with E-state index in [0.717, 1.165) is 5.52 Å². The van der Waals surface area contributed by atoms with Gasteiger partial charge in [-0.25, -0.2) is 13.8 Å². The maximum atomic E-state index is 12.4. The highest BCUT2D eigenvalue weighted by molar-refractivity contribution is 5.52. The van der Waals surface area contributed by atoms with E-state index in [2.05, 4.69) is 4.98 Å². The maximum Gasteiger partial charge on any atom is 0.295 e. The normalized spacial score (nSPS) is 11.4. The van der Waals surface area contributed by atoms with Gasteiger partial charge in [0.05, 0.1) is 11.2 Å². The van der Waals surface area contributed by atoms with Crippen LogP contribution in [-0.4, -0.2) is 9.38 Å². The second kappa shape index (κ2) is 2.80. The number of hydrogen-bond donors (Lipinski definition) is 0. The predicted molar refractivity (Wildman–Crippen MR) is 44.9 cm³/mol. The number of rotatable bonds is 1. The summed E-state index contributed by atoms with van der Waals surface area (Å²) >= 11 is 0. The molecule has 0 spiro atoms. The van der Waals surface area contributed by atoms with Gasteiger partial charge in [0.25, 0.3) is 6.43 Å². The highest BCUT2D eigenvalue weighted by atomic mass is 19.3. The molecule has 0 aromatic carbocycles. The van der Waals surface area contributed by atoms with E-state index in [1.807, 2.05) is 0 Å². The van der Waals surface area contributed by atoms with Crippen LogP contribution < -0.4 is 0 Å². The molecule has 2 aromatic rings. The van der Waals surface area contributed by atoms with Gasteiger partial charge in [-0.1, -0.05) is 6.07 Å². The third kappa shape index (κ3) is 1.18. The quantitative estimate of drug-likeness (QED) is 0.662. The summed E-state index contributed by atoms with van der Waals surface area (Å²) in [5.74, 6) is -0.187. The van der Waals surface area contributed by atoms with E-state index in [-0.39, 0.29) is 5.82 Å². The van der Waals surface area contributed by atoms with Crippen molar-refractivity contribution in [1.29, 1.82) is 0 Å². The number of hydrogen-bond acceptors (Lipinski definition) is 1. The van der Waals surface area contributed by atoms with Crippen LogP contribution in [0.4, 0.5) is 8.78 Å². The van der Waals surface area contributed by atoms with Gasteiger partial charge in [-0.05, 0) is 19.1 Å². The third-order valence-corrected chi connectivity index (χ3v) is 1.95. The topological polar surface area (TPSA) is 17.3 Å². The molecule has 68 valence electrons. The summed E-state index contributed by atoms with van der Waals surface area (Å²) in [5.41, 5.74) is 1.37. The number of fused-ring (bicyclic) bond motifs is 1. The van der Waals surface area contributed by atoms with Gasteiger partial charge in [-0.2, -0.15) is 0 Å². The number of aryl methyl sites for hydroxylation is 1. The first-order valence-corrected chi connectivity index (χ1v) is 3.92. The van der Waals surface area contributed by atoms with Crippen LogP contribution in [0.2, 0.25) is 0 Å². The monoisotopic (exact) mass is 182 g/mol. The first kappa shape index (κ1) is 8.16. The van der Waals surface area contributed by atoms with Gasteiger partial charge in [0.2, 0.25) is 0 Å². The van der Waals surface area contributed by atoms with E-state index in [0.29, 0.717) is 5.69 Å². The molecule has 0 saturated carbocycles. The minimum Gasteiger partial charge on any atom is -0.299 e. The van der Waals surface area contributed by atoms with Crippen molar-refractivity contribution < 1.29 is 8.78 Å². The molecule has 4 heteroatoms. The van der Waals surface area contributed by atoms with Crippen LogP contribution in [0.25, 0.3) is 5.52 Å². The lowest BCUT2D eigenvalue weighted by atomic mass is 10.3. The molecule has 0 N–H and O–H groups in total. The van der Waals surface area contributed by atoms with Crippen molar-refractivity contribution in [3.63, 3.8) is 0 Å². The molecule has 0 bridgehead atoms. The van der Waals surface area contributed by atoms with Gasteiger partial charge >= 0.3 is 0 Å². The summed E-state index contributed by atoms with van der Waals surface area (Å²) in [6.45, 7) is 1.72. The number of nitrogens with zero attached hydrogens (tertiary/aromatic N) is 2. The number of aromatic nitrogens is 2. The smallest absolute Gasteiger partial charge is 0.295 e. The SMILES string of the molecule is Cc1nc(C(F)F)n2ccccc12. The summed E-state index contributed by atoms with van der Waals surface area (Å²) in [7, 11) is 0. The predicted octanol–water partition coefficient (Wildman–Crippen LogP) is 2.58. The van der Waals surface area contributed by atoms with Crippen molar-refractivity contribution in [2.24, 2.45) is 0 Å². The number of alkyl halides is 2. The molecular weight excluding hydrogens is 174 g/mol. The number of imidazole rings is 1. The second-order valence-electron chi connectivity index (χ2n) is 2.81. The molecule has 2 aromatic heterocycles. The van der Waals surface area contributed by atoms with Crippen LogP contribution in [0.5, 0.6) is 0 Å². The summed E-state index contributed by atoms with van der Waals surface area (Å²) in [5, 5.41) is 0. The van der Waals surface area contributed by atoms with Gasteiger partial charge in [-0.3, -0.25) is 4.40 Å². The van der Waals surface area contributed by atoms with Crippen molar-refractivity contribution in [1.82, 2.24) is 9.38 Å². The van der Waals surface area contributed by atoms with Crippen LogP contribution in [0, 0.1) is 6.92 Å². The van der Waals surface area contributed by atoms with E-state index in [9.17, 15) is 8.78 Å². The molecule has 0 aliphatic heterocycles. The Labute approximate surface area is 73.8 Å². The molecule has 0 aliphatic carbocycles. The molecule has 13 heavy (non-hydrogen) atoms. The highest BCUT2D eigenvalue weighted by Gasteiger charge is 2.15. The van der Waals surface area contributed by atoms with Crippen molar-refractivity contribution in [3.05, 3.63) is 35.9 Å². The van der Waals surface area contributed by atoms with E-state index in [1.54, 1.807) is 31.3 Å². The molecule has 0 saturated heterocycles.